The van der Waals surface area contributed by atoms with Gasteiger partial charge in [-0.3, -0.25) is 0 Å². The molecular formula is C20H26N2O3. The quantitative estimate of drug-likeness (QED) is 0.791. The number of rotatable bonds is 6. The van der Waals surface area contributed by atoms with E-state index in [1.54, 1.807) is 0 Å². The van der Waals surface area contributed by atoms with Crippen LogP contribution in [0.5, 0.6) is 11.5 Å². The van der Waals surface area contributed by atoms with Crippen LogP contribution in [0.1, 0.15) is 27.7 Å². The fourth-order valence-electron chi connectivity index (χ4n) is 2.10. The second kappa shape index (κ2) is 8.42. The highest BCUT2D eigenvalue weighted by Crippen LogP contribution is 2.22. The van der Waals surface area contributed by atoms with Gasteiger partial charge in [0.15, 0.2) is 0 Å². The Labute approximate surface area is 149 Å². The molecule has 0 aromatic heterocycles. The molecule has 5 heteroatoms. The van der Waals surface area contributed by atoms with Crippen LogP contribution < -0.4 is 15.4 Å². The molecule has 134 valence electrons. The molecular weight excluding hydrogens is 316 g/mol. The summed E-state index contributed by atoms with van der Waals surface area (Å²) in [5.41, 5.74) is 0.462. The van der Waals surface area contributed by atoms with Crippen molar-refractivity contribution in [3.63, 3.8) is 0 Å². The molecule has 1 atom stereocenters. The van der Waals surface area contributed by atoms with E-state index >= 15 is 0 Å². The average Bonchev–Trinajstić information content (AvgIpc) is 2.53. The smallest absolute Gasteiger partial charge is 0.407 e. The van der Waals surface area contributed by atoms with E-state index in [-0.39, 0.29) is 6.04 Å². The van der Waals surface area contributed by atoms with Gasteiger partial charge in [-0.25, -0.2) is 4.79 Å². The number of hydrogen-bond acceptors (Lipinski definition) is 4. The van der Waals surface area contributed by atoms with Crippen molar-refractivity contribution in [1.82, 2.24) is 5.32 Å². The van der Waals surface area contributed by atoms with Crippen LogP contribution in [0, 0.1) is 0 Å². The van der Waals surface area contributed by atoms with E-state index in [2.05, 4.69) is 10.6 Å². The molecule has 0 fully saturated rings. The van der Waals surface area contributed by atoms with E-state index in [0.29, 0.717) is 6.54 Å². The summed E-state index contributed by atoms with van der Waals surface area (Å²) in [6.45, 7) is 8.04. The molecule has 0 aliphatic rings. The number of alkyl carbamates (subject to hydrolysis) is 1. The Kier molecular flexibility index (Phi) is 6.28. The number of anilines is 1. The van der Waals surface area contributed by atoms with Crippen LogP contribution in [0.15, 0.2) is 54.6 Å². The van der Waals surface area contributed by atoms with Crippen molar-refractivity contribution in [2.45, 2.75) is 39.3 Å². The molecule has 0 saturated heterocycles. The van der Waals surface area contributed by atoms with Crippen LogP contribution in [0.25, 0.3) is 0 Å². The number of para-hydroxylation sites is 1. The van der Waals surface area contributed by atoms with Crippen molar-refractivity contribution >= 4 is 11.8 Å². The molecule has 0 aliphatic carbocycles. The lowest BCUT2D eigenvalue weighted by atomic mass is 10.2. The molecule has 2 aromatic rings. The first kappa shape index (κ1) is 18.6. The molecule has 1 unspecified atom stereocenters. The van der Waals surface area contributed by atoms with Crippen molar-refractivity contribution in [3.8, 4) is 11.5 Å². The Bertz CT molecular complexity index is 664. The lowest BCUT2D eigenvalue weighted by molar-refractivity contribution is 0.0511. The Balaban J connectivity index is 1.78. The Hall–Kier alpha value is -2.69. The maximum Gasteiger partial charge on any atom is 0.407 e. The molecule has 5 nitrogen and oxygen atoms in total. The summed E-state index contributed by atoms with van der Waals surface area (Å²) in [5, 5.41) is 6.08. The molecule has 2 aromatic carbocycles. The summed E-state index contributed by atoms with van der Waals surface area (Å²) in [7, 11) is 0. The molecule has 2 N–H and O–H groups in total. The molecule has 2 rings (SSSR count). The second-order valence-electron chi connectivity index (χ2n) is 6.87. The predicted molar refractivity (Wildman–Crippen MR) is 100 cm³/mol. The zero-order valence-electron chi connectivity index (χ0n) is 15.2. The highest BCUT2D eigenvalue weighted by molar-refractivity contribution is 5.68. The lowest BCUT2D eigenvalue weighted by Gasteiger charge is -2.22. The largest absolute Gasteiger partial charge is 0.457 e. The van der Waals surface area contributed by atoms with Crippen molar-refractivity contribution in [3.05, 3.63) is 54.6 Å². The van der Waals surface area contributed by atoms with Crippen LogP contribution in [0.4, 0.5) is 10.5 Å². The number of nitrogens with one attached hydrogen (secondary N) is 2. The summed E-state index contributed by atoms with van der Waals surface area (Å²) in [4.78, 5) is 11.7. The van der Waals surface area contributed by atoms with Gasteiger partial charge in [-0.1, -0.05) is 18.2 Å². The van der Waals surface area contributed by atoms with Crippen molar-refractivity contribution in [1.29, 1.82) is 0 Å². The van der Waals surface area contributed by atoms with Crippen molar-refractivity contribution in [2.75, 3.05) is 11.9 Å². The molecule has 0 aliphatic heterocycles. The summed E-state index contributed by atoms with van der Waals surface area (Å²) < 4.78 is 11.0. The first-order valence-electron chi connectivity index (χ1n) is 8.38. The maximum absolute atomic E-state index is 11.7. The molecule has 1 amide bonds. The van der Waals surface area contributed by atoms with E-state index in [1.165, 1.54) is 0 Å². The molecule has 0 heterocycles. The van der Waals surface area contributed by atoms with Gasteiger partial charge in [0.1, 0.15) is 17.1 Å². The summed E-state index contributed by atoms with van der Waals surface area (Å²) in [5.74, 6) is 1.58. The number of benzene rings is 2. The summed E-state index contributed by atoms with van der Waals surface area (Å²) in [6.07, 6.45) is -0.409. The topological polar surface area (TPSA) is 59.6 Å². The third-order valence-electron chi connectivity index (χ3n) is 3.21. The normalized spacial score (nSPS) is 12.2. The van der Waals surface area contributed by atoms with Gasteiger partial charge in [0, 0.05) is 18.3 Å². The summed E-state index contributed by atoms with van der Waals surface area (Å²) >= 11 is 0. The van der Waals surface area contributed by atoms with Gasteiger partial charge in [-0.15, -0.1) is 0 Å². The number of ether oxygens (including phenoxy) is 2. The first-order valence-corrected chi connectivity index (χ1v) is 8.38. The lowest BCUT2D eigenvalue weighted by Crippen LogP contribution is -2.40. The molecule has 0 saturated carbocycles. The van der Waals surface area contributed by atoms with Gasteiger partial charge >= 0.3 is 6.09 Å². The van der Waals surface area contributed by atoms with Crippen molar-refractivity contribution in [2.24, 2.45) is 0 Å². The van der Waals surface area contributed by atoms with E-state index < -0.39 is 11.7 Å². The van der Waals surface area contributed by atoms with E-state index in [0.717, 1.165) is 17.2 Å². The monoisotopic (exact) mass is 342 g/mol. The minimum absolute atomic E-state index is 0.0601. The predicted octanol–water partition coefficient (Wildman–Crippen LogP) is 4.80. The Morgan fingerprint density at radius 2 is 1.60 bits per heavy atom. The van der Waals surface area contributed by atoms with Gasteiger partial charge in [-0.05, 0) is 64.1 Å². The molecule has 0 spiro atoms. The van der Waals surface area contributed by atoms with Crippen LogP contribution in [0.2, 0.25) is 0 Å². The standard InChI is InChI=1S/C20H26N2O3/c1-15(22-19(23)25-20(2,3)4)14-21-16-10-12-18(13-11-16)24-17-8-6-5-7-9-17/h5-13,15,21H,14H2,1-4H3,(H,22,23). The zero-order valence-corrected chi connectivity index (χ0v) is 15.2. The van der Waals surface area contributed by atoms with Gasteiger partial charge in [0.05, 0.1) is 0 Å². The molecule has 25 heavy (non-hydrogen) atoms. The van der Waals surface area contributed by atoms with Crippen LogP contribution >= 0.6 is 0 Å². The van der Waals surface area contributed by atoms with Gasteiger partial charge in [0.2, 0.25) is 0 Å². The number of amides is 1. The fraction of sp³-hybridized carbons (Fsp3) is 0.350. The van der Waals surface area contributed by atoms with E-state index in [4.69, 9.17) is 9.47 Å². The summed E-state index contributed by atoms with van der Waals surface area (Å²) in [6, 6.07) is 17.3. The highest BCUT2D eigenvalue weighted by atomic mass is 16.6. The molecule has 0 radical (unpaired) electrons. The first-order chi connectivity index (χ1) is 11.8. The van der Waals surface area contributed by atoms with E-state index in [1.807, 2.05) is 82.3 Å². The second-order valence-corrected chi connectivity index (χ2v) is 6.87. The number of carbonyl (C=O) groups is 1. The third kappa shape index (κ3) is 7.16. The van der Waals surface area contributed by atoms with Gasteiger partial charge in [-0.2, -0.15) is 0 Å². The minimum Gasteiger partial charge on any atom is -0.457 e. The number of hydrogen-bond donors (Lipinski definition) is 2. The molecule has 0 bridgehead atoms. The van der Waals surface area contributed by atoms with Crippen molar-refractivity contribution < 1.29 is 14.3 Å². The van der Waals surface area contributed by atoms with Crippen LogP contribution in [-0.2, 0) is 4.74 Å². The highest BCUT2D eigenvalue weighted by Gasteiger charge is 2.17. The minimum atomic E-state index is -0.494. The third-order valence-corrected chi connectivity index (χ3v) is 3.21. The van der Waals surface area contributed by atoms with Crippen LogP contribution in [-0.4, -0.2) is 24.3 Å². The maximum atomic E-state index is 11.7. The van der Waals surface area contributed by atoms with Crippen LogP contribution in [0.3, 0.4) is 0 Å². The number of carbonyl (C=O) groups excluding carboxylic acids is 1. The Morgan fingerprint density at radius 3 is 2.20 bits per heavy atom. The SMILES string of the molecule is CC(CNc1ccc(Oc2ccccc2)cc1)NC(=O)OC(C)(C)C. The average molecular weight is 342 g/mol. The Morgan fingerprint density at radius 1 is 1.00 bits per heavy atom. The zero-order chi connectivity index (χ0) is 18.3. The fourth-order valence-corrected chi connectivity index (χ4v) is 2.10. The van der Waals surface area contributed by atoms with Gasteiger partial charge in [0.25, 0.3) is 0 Å². The van der Waals surface area contributed by atoms with Gasteiger partial charge < -0.3 is 20.1 Å². The van der Waals surface area contributed by atoms with E-state index in [9.17, 15) is 4.79 Å².